The van der Waals surface area contributed by atoms with E-state index in [1.54, 1.807) is 21.0 Å². The van der Waals surface area contributed by atoms with Crippen molar-refractivity contribution >= 4 is 28.3 Å². The summed E-state index contributed by atoms with van der Waals surface area (Å²) in [5.41, 5.74) is 2.39. The SMILES string of the molecule is CCOC(=O)c1sc(NC(=O)Cc2cc(C)ccc2OC)nc1C. The standard InChI is InChI=1S/C17H20N2O4S/c1-5-23-16(21)15-11(3)18-17(24-15)19-14(20)9-12-8-10(2)6-7-13(12)22-4/h6-8H,5,9H2,1-4H3,(H,18,19,20). The minimum absolute atomic E-state index is 0.165. The topological polar surface area (TPSA) is 77.5 Å². The van der Waals surface area contributed by atoms with Gasteiger partial charge >= 0.3 is 5.97 Å². The number of nitrogens with one attached hydrogen (secondary N) is 1. The molecule has 1 N–H and O–H groups in total. The molecule has 1 aromatic carbocycles. The Balaban J connectivity index is 2.09. The first kappa shape index (κ1) is 17.9. The van der Waals surface area contributed by atoms with E-state index in [0.29, 0.717) is 28.1 Å². The molecule has 0 unspecified atom stereocenters. The number of carbonyl (C=O) groups excluding carboxylic acids is 2. The number of benzene rings is 1. The lowest BCUT2D eigenvalue weighted by atomic mass is 10.1. The van der Waals surface area contributed by atoms with Gasteiger partial charge in [0.15, 0.2) is 5.13 Å². The molecule has 128 valence electrons. The van der Waals surface area contributed by atoms with Crippen LogP contribution in [0.5, 0.6) is 5.75 Å². The van der Waals surface area contributed by atoms with Crippen molar-refractivity contribution in [2.75, 3.05) is 19.0 Å². The van der Waals surface area contributed by atoms with Crippen LogP contribution in [-0.4, -0.2) is 30.6 Å². The maximum Gasteiger partial charge on any atom is 0.350 e. The lowest BCUT2D eigenvalue weighted by Gasteiger charge is -2.09. The highest BCUT2D eigenvalue weighted by Crippen LogP contribution is 2.25. The first-order valence-corrected chi connectivity index (χ1v) is 8.34. The molecule has 6 nitrogen and oxygen atoms in total. The van der Waals surface area contributed by atoms with Crippen LogP contribution in [0.4, 0.5) is 5.13 Å². The molecule has 0 saturated carbocycles. The normalized spacial score (nSPS) is 10.3. The smallest absolute Gasteiger partial charge is 0.350 e. The number of thiazole rings is 1. The Morgan fingerprint density at radius 2 is 2.04 bits per heavy atom. The summed E-state index contributed by atoms with van der Waals surface area (Å²) in [5, 5.41) is 3.11. The number of aromatic nitrogens is 1. The monoisotopic (exact) mass is 348 g/mol. The number of ether oxygens (including phenoxy) is 2. The Kier molecular flexibility index (Phi) is 5.92. The molecule has 1 amide bonds. The van der Waals surface area contributed by atoms with Gasteiger partial charge in [-0.15, -0.1) is 0 Å². The zero-order chi connectivity index (χ0) is 17.7. The highest BCUT2D eigenvalue weighted by atomic mass is 32.1. The third-order valence-corrected chi connectivity index (χ3v) is 4.34. The predicted octanol–water partition coefficient (Wildman–Crippen LogP) is 3.13. The molecule has 7 heteroatoms. The van der Waals surface area contributed by atoms with E-state index in [1.807, 2.05) is 25.1 Å². The van der Waals surface area contributed by atoms with E-state index in [9.17, 15) is 9.59 Å². The Bertz CT molecular complexity index is 755. The molecule has 0 spiro atoms. The van der Waals surface area contributed by atoms with Crippen molar-refractivity contribution in [3.63, 3.8) is 0 Å². The molecule has 0 atom stereocenters. The van der Waals surface area contributed by atoms with Gasteiger partial charge in [0.1, 0.15) is 10.6 Å². The molecule has 0 radical (unpaired) electrons. The van der Waals surface area contributed by atoms with E-state index >= 15 is 0 Å². The first-order chi connectivity index (χ1) is 11.4. The van der Waals surface area contributed by atoms with E-state index in [4.69, 9.17) is 9.47 Å². The molecule has 1 aromatic heterocycles. The maximum atomic E-state index is 12.3. The Hall–Kier alpha value is -2.41. The lowest BCUT2D eigenvalue weighted by Crippen LogP contribution is -2.14. The molecule has 0 aliphatic rings. The largest absolute Gasteiger partial charge is 0.496 e. The van der Waals surface area contributed by atoms with Crippen molar-refractivity contribution in [3.05, 3.63) is 39.9 Å². The van der Waals surface area contributed by atoms with Gasteiger partial charge in [0.05, 0.1) is 25.8 Å². The number of nitrogens with zero attached hydrogens (tertiary/aromatic N) is 1. The highest BCUT2D eigenvalue weighted by molar-refractivity contribution is 7.17. The van der Waals surface area contributed by atoms with Crippen LogP contribution in [-0.2, 0) is 16.0 Å². The summed E-state index contributed by atoms with van der Waals surface area (Å²) in [5.74, 6) is 0.0229. The van der Waals surface area contributed by atoms with Crippen LogP contribution >= 0.6 is 11.3 Å². The van der Waals surface area contributed by atoms with E-state index in [0.717, 1.165) is 22.5 Å². The Morgan fingerprint density at radius 3 is 2.71 bits per heavy atom. The summed E-state index contributed by atoms with van der Waals surface area (Å²) in [6.45, 7) is 5.70. The summed E-state index contributed by atoms with van der Waals surface area (Å²) < 4.78 is 10.2. The number of hydrogen-bond acceptors (Lipinski definition) is 6. The molecule has 0 fully saturated rings. The molecule has 0 bridgehead atoms. The van der Waals surface area contributed by atoms with Crippen molar-refractivity contribution in [1.82, 2.24) is 4.98 Å². The minimum atomic E-state index is -0.423. The number of hydrogen-bond donors (Lipinski definition) is 1. The number of amides is 1. The number of methoxy groups -OCH3 is 1. The zero-order valence-electron chi connectivity index (χ0n) is 14.1. The second-order valence-corrected chi connectivity index (χ2v) is 6.19. The first-order valence-electron chi connectivity index (χ1n) is 7.52. The van der Waals surface area contributed by atoms with Crippen LogP contribution in [0.3, 0.4) is 0 Å². The Morgan fingerprint density at radius 1 is 1.29 bits per heavy atom. The molecule has 0 aliphatic carbocycles. The van der Waals surface area contributed by atoms with E-state index in [1.165, 1.54) is 0 Å². The number of esters is 1. The van der Waals surface area contributed by atoms with Crippen molar-refractivity contribution in [3.8, 4) is 5.75 Å². The van der Waals surface area contributed by atoms with E-state index in [2.05, 4.69) is 10.3 Å². The van der Waals surface area contributed by atoms with Gasteiger partial charge in [-0.2, -0.15) is 0 Å². The highest BCUT2D eigenvalue weighted by Gasteiger charge is 2.18. The second kappa shape index (κ2) is 7.92. The second-order valence-electron chi connectivity index (χ2n) is 5.19. The van der Waals surface area contributed by atoms with Crippen LogP contribution in [0.1, 0.15) is 33.4 Å². The van der Waals surface area contributed by atoms with Crippen LogP contribution in [0.15, 0.2) is 18.2 Å². The summed E-state index contributed by atoms with van der Waals surface area (Å²) >= 11 is 1.11. The van der Waals surface area contributed by atoms with E-state index in [-0.39, 0.29) is 12.3 Å². The summed E-state index contributed by atoms with van der Waals surface area (Å²) in [4.78, 5) is 28.7. The van der Waals surface area contributed by atoms with Crippen molar-refractivity contribution in [1.29, 1.82) is 0 Å². The number of rotatable bonds is 6. The lowest BCUT2D eigenvalue weighted by molar-refractivity contribution is -0.115. The fraction of sp³-hybridized carbons (Fsp3) is 0.353. The van der Waals surface area contributed by atoms with Crippen LogP contribution in [0, 0.1) is 13.8 Å². The summed E-state index contributed by atoms with van der Waals surface area (Å²) in [6.07, 6.45) is 0.165. The molecular weight excluding hydrogens is 328 g/mol. The van der Waals surface area contributed by atoms with Crippen LogP contribution in [0.25, 0.3) is 0 Å². The van der Waals surface area contributed by atoms with Crippen molar-refractivity contribution in [2.45, 2.75) is 27.2 Å². The molecule has 2 aromatic rings. The van der Waals surface area contributed by atoms with Crippen LogP contribution in [0.2, 0.25) is 0 Å². The molecule has 2 rings (SSSR count). The zero-order valence-corrected chi connectivity index (χ0v) is 15.0. The summed E-state index contributed by atoms with van der Waals surface area (Å²) in [7, 11) is 1.57. The van der Waals surface area contributed by atoms with Crippen LogP contribution < -0.4 is 10.1 Å². The molecular formula is C17H20N2O4S. The van der Waals surface area contributed by atoms with Gasteiger partial charge in [0.25, 0.3) is 0 Å². The molecule has 0 saturated heterocycles. The average Bonchev–Trinajstić information content (AvgIpc) is 2.88. The third-order valence-electron chi connectivity index (χ3n) is 3.29. The van der Waals surface area contributed by atoms with Gasteiger partial charge in [-0.3, -0.25) is 4.79 Å². The van der Waals surface area contributed by atoms with Crippen molar-refractivity contribution < 1.29 is 19.1 Å². The number of anilines is 1. The van der Waals surface area contributed by atoms with Gasteiger partial charge in [-0.25, -0.2) is 9.78 Å². The quantitative estimate of drug-likeness (QED) is 0.812. The summed E-state index contributed by atoms with van der Waals surface area (Å²) in [6, 6.07) is 5.68. The molecule has 1 heterocycles. The molecule has 24 heavy (non-hydrogen) atoms. The fourth-order valence-corrected chi connectivity index (χ4v) is 3.09. The number of carbonyl (C=O) groups is 2. The predicted molar refractivity (Wildman–Crippen MR) is 92.9 cm³/mol. The average molecular weight is 348 g/mol. The number of aryl methyl sites for hydroxylation is 2. The van der Waals surface area contributed by atoms with Crippen molar-refractivity contribution in [2.24, 2.45) is 0 Å². The van der Waals surface area contributed by atoms with Gasteiger partial charge in [-0.05, 0) is 26.8 Å². The van der Waals surface area contributed by atoms with Gasteiger partial charge in [-0.1, -0.05) is 29.0 Å². The Labute approximate surface area is 144 Å². The third kappa shape index (κ3) is 4.32. The molecule has 0 aliphatic heterocycles. The van der Waals surface area contributed by atoms with Gasteiger partial charge in [0.2, 0.25) is 5.91 Å². The van der Waals surface area contributed by atoms with E-state index < -0.39 is 5.97 Å². The minimum Gasteiger partial charge on any atom is -0.496 e. The fourth-order valence-electron chi connectivity index (χ4n) is 2.22. The van der Waals surface area contributed by atoms with Gasteiger partial charge < -0.3 is 14.8 Å². The maximum absolute atomic E-state index is 12.3. The van der Waals surface area contributed by atoms with Gasteiger partial charge in [0, 0.05) is 5.56 Å².